The number of amides is 4. The second kappa shape index (κ2) is 10.8. The van der Waals surface area contributed by atoms with Crippen LogP contribution in [0.5, 0.6) is 0 Å². The van der Waals surface area contributed by atoms with E-state index in [1.807, 2.05) is 6.92 Å². The number of nitrogens with one attached hydrogen (secondary N) is 2. The number of carboxylic acid groups (broad SMARTS) is 1. The predicted octanol–water partition coefficient (Wildman–Crippen LogP) is -2.91. The van der Waals surface area contributed by atoms with Crippen LogP contribution in [0.1, 0.15) is 52.9 Å². The zero-order valence-corrected chi connectivity index (χ0v) is 15.1. The van der Waals surface area contributed by atoms with Crippen molar-refractivity contribution in [1.29, 1.82) is 0 Å². The van der Waals surface area contributed by atoms with Gasteiger partial charge in [-0.05, 0) is 25.7 Å². The Morgan fingerprint density at radius 1 is 1.05 bits per heavy atom. The molecule has 0 radical (unpaired) electrons. The summed E-state index contributed by atoms with van der Waals surface area (Å²) in [5.41, 5.74) is -1.06. The summed E-state index contributed by atoms with van der Waals surface area (Å²) in [7, 11) is 0. The number of imide groups is 2. The molecule has 0 saturated carbocycles. The number of carbonyl (C=O) groups is 4. The number of hydrogen-bond acceptors (Lipinski definition) is 5. The molecule has 1 heterocycles. The third-order valence-electron chi connectivity index (χ3n) is 3.26. The molecule has 0 spiro atoms. The standard InChI is InChI=1S/C8H12N2O3.C5H10O2.Na/c1-3-8(4-2)5(11)9-7(13)10-6(8)12;1-2-3-4-5(6)7;/h3-4H2,1-2H3,(H2,9,10,11,12,13);2-4H2,1H3,(H,6,7);/q;;+1/p-1. The van der Waals surface area contributed by atoms with Crippen molar-refractivity contribution < 1.29 is 53.8 Å². The van der Waals surface area contributed by atoms with Gasteiger partial charge in [0, 0.05) is 5.97 Å². The van der Waals surface area contributed by atoms with Crippen molar-refractivity contribution >= 4 is 23.8 Å². The molecular formula is C13H21N2NaO5. The maximum atomic E-state index is 11.4. The first-order valence-corrected chi connectivity index (χ1v) is 6.70. The average Bonchev–Trinajstić information content (AvgIpc) is 2.37. The molecule has 1 fully saturated rings. The van der Waals surface area contributed by atoms with E-state index in [9.17, 15) is 24.3 Å². The van der Waals surface area contributed by atoms with Gasteiger partial charge in [-0.3, -0.25) is 20.2 Å². The Labute approximate surface area is 146 Å². The summed E-state index contributed by atoms with van der Waals surface area (Å²) in [6.45, 7) is 5.44. The molecule has 0 aromatic rings. The molecule has 21 heavy (non-hydrogen) atoms. The second-order valence-corrected chi connectivity index (χ2v) is 4.50. The monoisotopic (exact) mass is 308 g/mol. The molecule has 8 heteroatoms. The van der Waals surface area contributed by atoms with E-state index in [0.717, 1.165) is 12.8 Å². The minimum absolute atomic E-state index is 0. The Balaban J connectivity index is 0. The van der Waals surface area contributed by atoms with E-state index < -0.39 is 29.2 Å². The van der Waals surface area contributed by atoms with Crippen molar-refractivity contribution in [2.75, 3.05) is 0 Å². The van der Waals surface area contributed by atoms with Crippen molar-refractivity contribution in [3.8, 4) is 0 Å². The van der Waals surface area contributed by atoms with Gasteiger partial charge in [0.25, 0.3) is 0 Å². The van der Waals surface area contributed by atoms with Crippen LogP contribution in [0.15, 0.2) is 0 Å². The number of barbiturate groups is 1. The van der Waals surface area contributed by atoms with Crippen LogP contribution in [0.2, 0.25) is 0 Å². The molecule has 0 unspecified atom stereocenters. The third kappa shape index (κ3) is 6.58. The Hall–Kier alpha value is -0.920. The van der Waals surface area contributed by atoms with Crippen molar-refractivity contribution in [3.63, 3.8) is 0 Å². The van der Waals surface area contributed by atoms with Gasteiger partial charge in [-0.1, -0.05) is 27.2 Å². The SMILES string of the molecule is CCC1(CC)C(=O)NC(=O)NC1=O.CCCCC(=O)[O-].[Na+]. The largest absolute Gasteiger partial charge is 1.00 e. The molecule has 114 valence electrons. The van der Waals surface area contributed by atoms with Gasteiger partial charge in [0.1, 0.15) is 5.41 Å². The molecule has 1 rings (SSSR count). The number of aliphatic carboxylic acids is 1. The summed E-state index contributed by atoms with van der Waals surface area (Å²) < 4.78 is 0. The molecule has 2 N–H and O–H groups in total. The minimum Gasteiger partial charge on any atom is -0.550 e. The second-order valence-electron chi connectivity index (χ2n) is 4.50. The van der Waals surface area contributed by atoms with Gasteiger partial charge in [-0.2, -0.15) is 0 Å². The van der Waals surface area contributed by atoms with E-state index in [1.165, 1.54) is 0 Å². The van der Waals surface area contributed by atoms with Crippen LogP contribution in [-0.2, 0) is 14.4 Å². The van der Waals surface area contributed by atoms with Gasteiger partial charge in [0.15, 0.2) is 0 Å². The van der Waals surface area contributed by atoms with Crippen molar-refractivity contribution in [1.82, 2.24) is 10.6 Å². The number of urea groups is 1. The Bertz CT molecular complexity index is 372. The van der Waals surface area contributed by atoms with Gasteiger partial charge >= 0.3 is 35.6 Å². The molecule has 0 aromatic carbocycles. The van der Waals surface area contributed by atoms with Crippen LogP contribution in [0.25, 0.3) is 0 Å². The fourth-order valence-electron chi connectivity index (χ4n) is 1.79. The molecule has 0 aromatic heterocycles. The van der Waals surface area contributed by atoms with E-state index in [0.29, 0.717) is 12.8 Å². The first-order valence-electron chi connectivity index (χ1n) is 6.70. The molecular weight excluding hydrogens is 287 g/mol. The number of carboxylic acids is 1. The quantitative estimate of drug-likeness (QED) is 0.417. The van der Waals surface area contributed by atoms with E-state index in [2.05, 4.69) is 10.6 Å². The first kappa shape index (κ1) is 22.4. The summed E-state index contributed by atoms with van der Waals surface area (Å²) in [6.07, 6.45) is 2.66. The van der Waals surface area contributed by atoms with Gasteiger partial charge < -0.3 is 9.90 Å². The Kier molecular flexibility index (Phi) is 11.5. The number of rotatable bonds is 5. The molecule has 1 aliphatic heterocycles. The fraction of sp³-hybridized carbons (Fsp3) is 0.692. The molecule has 0 bridgehead atoms. The summed E-state index contributed by atoms with van der Waals surface area (Å²) in [4.78, 5) is 43.2. The Morgan fingerprint density at radius 3 is 1.71 bits per heavy atom. The molecule has 1 saturated heterocycles. The molecule has 7 nitrogen and oxygen atoms in total. The predicted molar refractivity (Wildman–Crippen MR) is 69.2 cm³/mol. The van der Waals surface area contributed by atoms with Gasteiger partial charge in [0.2, 0.25) is 11.8 Å². The number of hydrogen-bond donors (Lipinski definition) is 2. The molecule has 4 amide bonds. The fourth-order valence-corrected chi connectivity index (χ4v) is 1.79. The van der Waals surface area contributed by atoms with E-state index in [4.69, 9.17) is 0 Å². The van der Waals surface area contributed by atoms with E-state index >= 15 is 0 Å². The summed E-state index contributed by atoms with van der Waals surface area (Å²) in [6, 6.07) is -0.729. The van der Waals surface area contributed by atoms with E-state index in [1.54, 1.807) is 13.8 Å². The first-order chi connectivity index (χ1) is 9.33. The van der Waals surface area contributed by atoms with Gasteiger partial charge in [0.05, 0.1) is 0 Å². The topological polar surface area (TPSA) is 115 Å². The zero-order valence-electron chi connectivity index (χ0n) is 13.1. The maximum absolute atomic E-state index is 11.4. The summed E-state index contributed by atoms with van der Waals surface area (Å²) >= 11 is 0. The van der Waals surface area contributed by atoms with Gasteiger partial charge in [-0.25, -0.2) is 4.79 Å². The smallest absolute Gasteiger partial charge is 0.550 e. The number of unbranched alkanes of at least 4 members (excludes halogenated alkanes) is 1. The zero-order chi connectivity index (χ0) is 15.8. The average molecular weight is 308 g/mol. The van der Waals surface area contributed by atoms with Gasteiger partial charge in [-0.15, -0.1) is 0 Å². The summed E-state index contributed by atoms with van der Waals surface area (Å²) in [5, 5.41) is 13.8. The van der Waals surface area contributed by atoms with Crippen LogP contribution in [0.4, 0.5) is 4.79 Å². The van der Waals surface area contributed by atoms with Crippen LogP contribution in [0.3, 0.4) is 0 Å². The maximum Gasteiger partial charge on any atom is 1.00 e. The third-order valence-corrected chi connectivity index (χ3v) is 3.26. The van der Waals surface area contributed by atoms with Crippen LogP contribution in [0, 0.1) is 5.41 Å². The summed E-state index contributed by atoms with van der Waals surface area (Å²) in [5.74, 6) is -1.93. The minimum atomic E-state index is -1.06. The van der Waals surface area contributed by atoms with Crippen LogP contribution >= 0.6 is 0 Å². The van der Waals surface area contributed by atoms with Crippen molar-refractivity contribution in [2.45, 2.75) is 52.9 Å². The Morgan fingerprint density at radius 2 is 1.48 bits per heavy atom. The normalized spacial score (nSPS) is 15.9. The van der Waals surface area contributed by atoms with E-state index in [-0.39, 0.29) is 36.0 Å². The molecule has 0 aliphatic carbocycles. The van der Waals surface area contributed by atoms with Crippen molar-refractivity contribution in [3.05, 3.63) is 0 Å². The van der Waals surface area contributed by atoms with Crippen LogP contribution < -0.4 is 45.3 Å². The van der Waals surface area contributed by atoms with Crippen molar-refractivity contribution in [2.24, 2.45) is 5.41 Å². The van der Waals surface area contributed by atoms with Crippen LogP contribution in [-0.4, -0.2) is 23.8 Å². The number of carbonyl (C=O) groups excluding carboxylic acids is 4. The molecule has 1 aliphatic rings. The molecule has 0 atom stereocenters.